The van der Waals surface area contributed by atoms with Gasteiger partial charge in [0.25, 0.3) is 0 Å². The van der Waals surface area contributed by atoms with Crippen LogP contribution < -0.4 is 0 Å². The summed E-state index contributed by atoms with van der Waals surface area (Å²) in [6.07, 6.45) is 1.49. The van der Waals surface area contributed by atoms with Gasteiger partial charge in [-0.05, 0) is 46.3 Å². The van der Waals surface area contributed by atoms with Crippen LogP contribution in [0.3, 0.4) is 0 Å². The predicted molar refractivity (Wildman–Crippen MR) is 102 cm³/mol. The van der Waals surface area contributed by atoms with Crippen LogP contribution in [0.5, 0.6) is 0 Å². The number of aliphatic imine (C=N–C) groups is 1. The van der Waals surface area contributed by atoms with Crippen molar-refractivity contribution in [2.45, 2.75) is 6.10 Å². The fourth-order valence-electron chi connectivity index (χ4n) is 2.59. The number of carbonyl (C=O) groups is 1. The molecule has 0 saturated carbocycles. The zero-order valence-electron chi connectivity index (χ0n) is 12.9. The summed E-state index contributed by atoms with van der Waals surface area (Å²) < 4.78 is 7.84. The topological polar surface area (TPSA) is 69.4 Å². The Bertz CT molecular complexity index is 1050. The van der Waals surface area contributed by atoms with Crippen LogP contribution in [0.15, 0.2) is 52.2 Å². The molecular weight excluding hydrogens is 443 g/mol. The van der Waals surface area contributed by atoms with Gasteiger partial charge >= 0.3 is 0 Å². The first-order valence-electron chi connectivity index (χ1n) is 7.44. The second-order valence-electron chi connectivity index (χ2n) is 5.37. The number of aldehydes is 1. The molecule has 1 unspecified atom stereocenters. The highest BCUT2D eigenvalue weighted by Gasteiger charge is 2.28. The molecule has 0 fully saturated rings. The van der Waals surface area contributed by atoms with Gasteiger partial charge in [-0.15, -0.1) is 0 Å². The average molecular weight is 452 g/mol. The number of benzene rings is 1. The van der Waals surface area contributed by atoms with Crippen molar-refractivity contribution in [3.63, 3.8) is 0 Å². The van der Waals surface area contributed by atoms with Gasteiger partial charge in [-0.25, -0.2) is 14.7 Å². The van der Waals surface area contributed by atoms with Crippen molar-refractivity contribution in [2.75, 3.05) is 0 Å². The summed E-state index contributed by atoms with van der Waals surface area (Å²) in [6.45, 7) is 0. The zero-order chi connectivity index (χ0) is 18.3. The van der Waals surface area contributed by atoms with Crippen LogP contribution in [0, 0.1) is 0 Å². The minimum atomic E-state index is -0.822. The van der Waals surface area contributed by atoms with E-state index in [4.69, 9.17) is 27.9 Å². The minimum absolute atomic E-state index is 0.233. The summed E-state index contributed by atoms with van der Waals surface area (Å²) in [5.41, 5.74) is 1.71. The number of pyridine rings is 1. The average Bonchev–Trinajstić information content (AvgIpc) is 3.02. The lowest BCUT2D eigenvalue weighted by molar-refractivity contribution is -0.114. The normalized spacial score (nSPS) is 15.8. The van der Waals surface area contributed by atoms with Crippen LogP contribution in [0.25, 0.3) is 5.82 Å². The van der Waals surface area contributed by atoms with Crippen molar-refractivity contribution in [3.05, 3.63) is 68.5 Å². The van der Waals surface area contributed by atoms with Gasteiger partial charge in [0.1, 0.15) is 10.3 Å². The molecule has 130 valence electrons. The molecule has 1 aromatic carbocycles. The highest BCUT2D eigenvalue weighted by Crippen LogP contribution is 2.35. The van der Waals surface area contributed by atoms with E-state index in [2.05, 4.69) is 31.0 Å². The van der Waals surface area contributed by atoms with Gasteiger partial charge in [0, 0.05) is 22.8 Å². The third kappa shape index (κ3) is 3.02. The number of rotatable bonds is 3. The molecule has 9 heteroatoms. The standard InChI is InChI=1S/C17H9BrCl2N4O2/c18-15-7-13(24(23-15)16-11(20)2-1-5-21-16)17-22-12-4-3-9(19)6-10(12)14(8-25)26-17/h1-8,14H. The Kier molecular flexibility index (Phi) is 4.52. The van der Waals surface area contributed by atoms with Crippen LogP contribution in [-0.4, -0.2) is 26.9 Å². The number of carbonyl (C=O) groups excluding carboxylic acids is 1. The highest BCUT2D eigenvalue weighted by atomic mass is 79.9. The van der Waals surface area contributed by atoms with Gasteiger partial charge < -0.3 is 4.74 Å². The molecule has 6 nitrogen and oxygen atoms in total. The third-order valence-electron chi connectivity index (χ3n) is 3.72. The Balaban J connectivity index is 1.88. The van der Waals surface area contributed by atoms with Crippen molar-refractivity contribution in [2.24, 2.45) is 4.99 Å². The monoisotopic (exact) mass is 450 g/mol. The van der Waals surface area contributed by atoms with Gasteiger partial charge in [0.15, 0.2) is 18.2 Å². The van der Waals surface area contributed by atoms with Crippen LogP contribution in [0.2, 0.25) is 10.0 Å². The Labute approximate surface area is 166 Å². The summed E-state index contributed by atoms with van der Waals surface area (Å²) in [4.78, 5) is 20.3. The third-order valence-corrected chi connectivity index (χ3v) is 4.64. The van der Waals surface area contributed by atoms with Crippen molar-refractivity contribution in [3.8, 4) is 5.82 Å². The first-order valence-corrected chi connectivity index (χ1v) is 8.98. The van der Waals surface area contributed by atoms with E-state index in [0.717, 1.165) is 0 Å². The largest absolute Gasteiger partial charge is 0.460 e. The molecule has 1 atom stereocenters. The quantitative estimate of drug-likeness (QED) is 0.542. The van der Waals surface area contributed by atoms with E-state index in [-0.39, 0.29) is 5.90 Å². The second kappa shape index (κ2) is 6.83. The minimum Gasteiger partial charge on any atom is -0.460 e. The van der Waals surface area contributed by atoms with E-state index in [0.29, 0.717) is 43.7 Å². The number of ether oxygens (including phenoxy) is 1. The molecule has 0 bridgehead atoms. The molecule has 0 radical (unpaired) electrons. The van der Waals surface area contributed by atoms with Gasteiger partial charge in [-0.2, -0.15) is 5.10 Å². The molecule has 1 aliphatic heterocycles. The molecule has 3 heterocycles. The molecule has 0 saturated heterocycles. The lowest BCUT2D eigenvalue weighted by Crippen LogP contribution is -2.21. The maximum atomic E-state index is 11.5. The van der Waals surface area contributed by atoms with Crippen LogP contribution >= 0.6 is 39.1 Å². The van der Waals surface area contributed by atoms with Crippen LogP contribution in [-0.2, 0) is 9.53 Å². The van der Waals surface area contributed by atoms with Crippen LogP contribution in [0.1, 0.15) is 17.4 Å². The molecule has 26 heavy (non-hydrogen) atoms. The molecule has 0 amide bonds. The number of nitrogens with zero attached hydrogens (tertiary/aromatic N) is 4. The number of fused-ring (bicyclic) bond motifs is 1. The van der Waals surface area contributed by atoms with E-state index in [9.17, 15) is 4.79 Å². The predicted octanol–water partition coefficient (Wildman–Crippen LogP) is 4.69. The maximum absolute atomic E-state index is 11.5. The van der Waals surface area contributed by atoms with E-state index in [1.54, 1.807) is 42.6 Å². The SMILES string of the molecule is O=CC1OC(c2cc(Br)nn2-c2ncccc2Cl)=Nc2ccc(Cl)cc21. The van der Waals surface area contributed by atoms with Gasteiger partial charge in [-0.1, -0.05) is 23.2 Å². The van der Waals surface area contributed by atoms with E-state index >= 15 is 0 Å². The zero-order valence-corrected chi connectivity index (χ0v) is 16.0. The van der Waals surface area contributed by atoms with Gasteiger partial charge in [0.2, 0.25) is 5.90 Å². The first-order chi connectivity index (χ1) is 12.6. The second-order valence-corrected chi connectivity index (χ2v) is 7.02. The smallest absolute Gasteiger partial charge is 0.241 e. The molecule has 4 rings (SSSR count). The molecular formula is C17H9BrCl2N4O2. The fraction of sp³-hybridized carbons (Fsp3) is 0.0588. The number of halogens is 3. The van der Waals surface area contributed by atoms with Crippen molar-refractivity contribution < 1.29 is 9.53 Å². The van der Waals surface area contributed by atoms with Crippen LogP contribution in [0.4, 0.5) is 5.69 Å². The Morgan fingerprint density at radius 1 is 1.23 bits per heavy atom. The Morgan fingerprint density at radius 2 is 2.08 bits per heavy atom. The Morgan fingerprint density at radius 3 is 2.85 bits per heavy atom. The van der Waals surface area contributed by atoms with Gasteiger partial charge in [0.05, 0.1) is 10.7 Å². The molecule has 0 spiro atoms. The number of hydrogen-bond donors (Lipinski definition) is 0. The molecule has 0 aliphatic carbocycles. The van der Waals surface area contributed by atoms with Crippen molar-refractivity contribution >= 4 is 57.0 Å². The lowest BCUT2D eigenvalue weighted by atomic mass is 10.1. The summed E-state index contributed by atoms with van der Waals surface area (Å²) in [5, 5.41) is 5.28. The molecule has 0 N–H and O–H groups in total. The Hall–Kier alpha value is -2.22. The van der Waals surface area contributed by atoms with E-state index in [1.807, 2.05) is 0 Å². The first kappa shape index (κ1) is 17.2. The summed E-state index contributed by atoms with van der Waals surface area (Å²) in [7, 11) is 0. The summed E-state index contributed by atoms with van der Waals surface area (Å²) in [6, 6.07) is 10.3. The van der Waals surface area contributed by atoms with E-state index < -0.39 is 6.10 Å². The summed E-state index contributed by atoms with van der Waals surface area (Å²) >= 11 is 15.6. The van der Waals surface area contributed by atoms with Gasteiger partial charge in [-0.3, -0.25) is 4.79 Å². The van der Waals surface area contributed by atoms with Crippen molar-refractivity contribution in [1.29, 1.82) is 0 Å². The lowest BCUT2D eigenvalue weighted by Gasteiger charge is -2.22. The number of hydrogen-bond acceptors (Lipinski definition) is 5. The van der Waals surface area contributed by atoms with E-state index in [1.165, 1.54) is 4.68 Å². The molecule has 1 aliphatic rings. The fourth-order valence-corrected chi connectivity index (χ4v) is 3.35. The summed E-state index contributed by atoms with van der Waals surface area (Å²) in [5.74, 6) is 0.655. The number of aromatic nitrogens is 3. The highest BCUT2D eigenvalue weighted by molar-refractivity contribution is 9.10. The molecule has 2 aromatic heterocycles. The molecule has 3 aromatic rings. The van der Waals surface area contributed by atoms with Crippen molar-refractivity contribution in [1.82, 2.24) is 14.8 Å². The maximum Gasteiger partial charge on any atom is 0.241 e.